The van der Waals surface area contributed by atoms with Crippen molar-refractivity contribution in [1.82, 2.24) is 14.3 Å². The Morgan fingerprint density at radius 2 is 1.91 bits per heavy atom. The smallest absolute Gasteiger partial charge is 0.416 e. The maximum atomic E-state index is 13.2. The van der Waals surface area contributed by atoms with Crippen molar-refractivity contribution in [2.24, 2.45) is 7.05 Å². The standard InChI is InChI=1S/C33H32F3N3O4/c1-20-29-26-10-6-9-24-25(11-7-17-43-28-12-5-8-21-18-22(33(34,35)36)13-14-23(21)28)31(32(40)41)39(30(24)26)15-3-4-16-42-19-27(29)37-38(20)2/h5-6,8-10,12-14,18H,3-4,7,11,15-17,19H2,1-2H3,(H,40,41). The topological polar surface area (TPSA) is 78.5 Å². The Kier molecular flexibility index (Phi) is 7.64. The van der Waals surface area contributed by atoms with E-state index in [0.717, 1.165) is 64.0 Å². The summed E-state index contributed by atoms with van der Waals surface area (Å²) >= 11 is 0. The van der Waals surface area contributed by atoms with Gasteiger partial charge >= 0.3 is 12.1 Å². The molecule has 3 aromatic carbocycles. The molecule has 1 aliphatic rings. The van der Waals surface area contributed by atoms with Crippen molar-refractivity contribution in [2.75, 3.05) is 13.2 Å². The molecule has 7 nitrogen and oxygen atoms in total. The summed E-state index contributed by atoms with van der Waals surface area (Å²) in [6, 6.07) is 14.6. The summed E-state index contributed by atoms with van der Waals surface area (Å²) in [4.78, 5) is 12.8. The Morgan fingerprint density at radius 3 is 2.70 bits per heavy atom. The Hall–Kier alpha value is -4.31. The van der Waals surface area contributed by atoms with Crippen LogP contribution in [0.1, 0.15) is 52.3 Å². The lowest BCUT2D eigenvalue weighted by molar-refractivity contribution is -0.137. The summed E-state index contributed by atoms with van der Waals surface area (Å²) in [5.74, 6) is -0.493. The fourth-order valence-electron chi connectivity index (χ4n) is 6.16. The number of aryl methyl sites for hydroxylation is 3. The van der Waals surface area contributed by atoms with Gasteiger partial charge in [-0.2, -0.15) is 18.3 Å². The molecule has 0 radical (unpaired) electrons. The van der Waals surface area contributed by atoms with E-state index in [-0.39, 0.29) is 12.3 Å². The highest BCUT2D eigenvalue weighted by atomic mass is 19.4. The average molecular weight is 592 g/mol. The van der Waals surface area contributed by atoms with Crippen LogP contribution in [0.4, 0.5) is 13.2 Å². The van der Waals surface area contributed by atoms with Gasteiger partial charge in [-0.1, -0.05) is 36.4 Å². The summed E-state index contributed by atoms with van der Waals surface area (Å²) < 4.78 is 55.3. The van der Waals surface area contributed by atoms with Crippen molar-refractivity contribution in [3.8, 4) is 16.9 Å². The summed E-state index contributed by atoms with van der Waals surface area (Å²) in [5.41, 5.74) is 4.89. The van der Waals surface area contributed by atoms with Gasteiger partial charge in [0.25, 0.3) is 0 Å². The van der Waals surface area contributed by atoms with E-state index in [1.165, 1.54) is 6.07 Å². The van der Waals surface area contributed by atoms with Crippen molar-refractivity contribution in [3.05, 3.63) is 82.8 Å². The molecule has 10 heteroatoms. The fraction of sp³-hybridized carbons (Fsp3) is 0.333. The largest absolute Gasteiger partial charge is 0.493 e. The highest BCUT2D eigenvalue weighted by Gasteiger charge is 2.31. The van der Waals surface area contributed by atoms with Crippen LogP contribution >= 0.6 is 0 Å². The number of para-hydroxylation sites is 1. The molecule has 0 amide bonds. The number of hydrogen-bond donors (Lipinski definition) is 1. The number of aromatic carboxylic acids is 1. The second-order valence-electron chi connectivity index (χ2n) is 10.9. The number of fused-ring (bicyclic) bond motifs is 3. The molecule has 0 aliphatic carbocycles. The minimum atomic E-state index is -4.42. The number of carboxylic acid groups (broad SMARTS) is 1. The lowest BCUT2D eigenvalue weighted by Gasteiger charge is -2.12. The Balaban J connectivity index is 1.34. The molecule has 0 bridgehead atoms. The van der Waals surface area contributed by atoms with E-state index >= 15 is 0 Å². The molecule has 6 rings (SSSR count). The lowest BCUT2D eigenvalue weighted by Crippen LogP contribution is -2.12. The predicted octanol–water partition coefficient (Wildman–Crippen LogP) is 7.54. The van der Waals surface area contributed by atoms with Gasteiger partial charge < -0.3 is 19.1 Å². The van der Waals surface area contributed by atoms with Crippen molar-refractivity contribution >= 4 is 27.6 Å². The maximum Gasteiger partial charge on any atom is 0.416 e. The summed E-state index contributed by atoms with van der Waals surface area (Å²) in [6.07, 6.45) is -1.89. The van der Waals surface area contributed by atoms with E-state index in [0.29, 0.717) is 49.1 Å². The second-order valence-corrected chi connectivity index (χ2v) is 10.9. The summed E-state index contributed by atoms with van der Waals surface area (Å²) in [5, 5.41) is 17.1. The molecule has 0 fully saturated rings. The van der Waals surface area contributed by atoms with Crippen molar-refractivity contribution in [1.29, 1.82) is 0 Å². The summed E-state index contributed by atoms with van der Waals surface area (Å²) in [7, 11) is 1.90. The molecular formula is C33H32F3N3O4. The average Bonchev–Trinajstić information content (AvgIpc) is 3.43. The number of nitrogens with zero attached hydrogens (tertiary/aromatic N) is 3. The van der Waals surface area contributed by atoms with E-state index in [4.69, 9.17) is 14.6 Å². The first-order chi connectivity index (χ1) is 20.6. The second kappa shape index (κ2) is 11.4. The third-order valence-corrected chi connectivity index (χ3v) is 8.22. The lowest BCUT2D eigenvalue weighted by atomic mass is 9.98. The van der Waals surface area contributed by atoms with Gasteiger partial charge in [0.15, 0.2) is 0 Å². The monoisotopic (exact) mass is 591 g/mol. The molecule has 43 heavy (non-hydrogen) atoms. The molecule has 0 atom stereocenters. The minimum absolute atomic E-state index is 0.273. The third kappa shape index (κ3) is 5.35. The van der Waals surface area contributed by atoms with Gasteiger partial charge in [-0.05, 0) is 61.8 Å². The number of carbonyl (C=O) groups is 1. The predicted molar refractivity (Wildman–Crippen MR) is 157 cm³/mol. The van der Waals surface area contributed by atoms with Crippen molar-refractivity contribution in [2.45, 2.75) is 51.9 Å². The Bertz CT molecular complexity index is 1840. The number of alkyl halides is 3. The van der Waals surface area contributed by atoms with Gasteiger partial charge in [0.05, 0.1) is 30.0 Å². The van der Waals surface area contributed by atoms with Gasteiger partial charge in [0, 0.05) is 47.8 Å². The maximum absolute atomic E-state index is 13.2. The van der Waals surface area contributed by atoms with Crippen LogP contribution in [0.3, 0.4) is 0 Å². The van der Waals surface area contributed by atoms with Gasteiger partial charge in [0.1, 0.15) is 11.4 Å². The fourth-order valence-corrected chi connectivity index (χ4v) is 6.16. The highest BCUT2D eigenvalue weighted by molar-refractivity contribution is 6.04. The normalized spacial score (nSPS) is 14.1. The van der Waals surface area contributed by atoms with Crippen LogP contribution in [-0.2, 0) is 37.5 Å². The van der Waals surface area contributed by atoms with Crippen LogP contribution in [0.5, 0.6) is 5.75 Å². The van der Waals surface area contributed by atoms with E-state index in [2.05, 4.69) is 0 Å². The number of aromatic nitrogens is 3. The molecule has 0 unspecified atom stereocenters. The van der Waals surface area contributed by atoms with E-state index in [1.807, 2.05) is 41.4 Å². The zero-order valence-corrected chi connectivity index (χ0v) is 24.0. The SMILES string of the molecule is Cc1c2c(nn1C)COCCCCn1c(C(=O)O)c(CCCOc3cccc4cc(C(F)(F)F)ccc34)c3cccc-2c31. The zero-order chi connectivity index (χ0) is 30.3. The van der Waals surface area contributed by atoms with Gasteiger partial charge in [-0.15, -0.1) is 0 Å². The molecule has 5 aromatic rings. The van der Waals surface area contributed by atoms with E-state index < -0.39 is 17.7 Å². The van der Waals surface area contributed by atoms with Crippen molar-refractivity contribution < 1.29 is 32.5 Å². The third-order valence-electron chi connectivity index (χ3n) is 8.22. The van der Waals surface area contributed by atoms with Gasteiger partial charge in [-0.3, -0.25) is 4.68 Å². The van der Waals surface area contributed by atoms with Crippen LogP contribution in [0.25, 0.3) is 32.8 Å². The number of halogens is 3. The van der Waals surface area contributed by atoms with Crippen LogP contribution in [0, 0.1) is 6.92 Å². The number of carboxylic acids is 1. The summed E-state index contributed by atoms with van der Waals surface area (Å²) in [6.45, 7) is 3.77. The van der Waals surface area contributed by atoms with Crippen LogP contribution in [0.2, 0.25) is 0 Å². The Labute approximate surface area is 246 Å². The first-order valence-corrected chi connectivity index (χ1v) is 14.4. The molecular weight excluding hydrogens is 559 g/mol. The van der Waals surface area contributed by atoms with Gasteiger partial charge in [-0.25, -0.2) is 4.79 Å². The zero-order valence-electron chi connectivity index (χ0n) is 24.0. The molecule has 1 N–H and O–H groups in total. The molecule has 0 spiro atoms. The number of benzene rings is 3. The molecule has 3 heterocycles. The van der Waals surface area contributed by atoms with Crippen molar-refractivity contribution in [3.63, 3.8) is 0 Å². The quantitative estimate of drug-likeness (QED) is 0.207. The first kappa shape index (κ1) is 28.8. The van der Waals surface area contributed by atoms with Crippen LogP contribution in [-0.4, -0.2) is 38.6 Å². The molecule has 0 saturated carbocycles. The number of ether oxygens (including phenoxy) is 2. The molecule has 0 saturated heterocycles. The highest BCUT2D eigenvalue weighted by Crippen LogP contribution is 2.39. The van der Waals surface area contributed by atoms with E-state index in [1.54, 1.807) is 18.2 Å². The van der Waals surface area contributed by atoms with Gasteiger partial charge in [0.2, 0.25) is 0 Å². The van der Waals surface area contributed by atoms with E-state index in [9.17, 15) is 23.1 Å². The first-order valence-electron chi connectivity index (χ1n) is 14.4. The number of rotatable bonds is 6. The number of hydrogen-bond acceptors (Lipinski definition) is 4. The van der Waals surface area contributed by atoms with Crippen LogP contribution < -0.4 is 4.74 Å². The molecule has 224 valence electrons. The molecule has 2 aromatic heterocycles. The minimum Gasteiger partial charge on any atom is -0.493 e. The van der Waals surface area contributed by atoms with Crippen LogP contribution in [0.15, 0.2) is 54.6 Å². The molecule has 1 aliphatic heterocycles. The Morgan fingerprint density at radius 1 is 1.09 bits per heavy atom.